The molecule has 0 aliphatic heterocycles. The number of benzene rings is 2. The number of H-pyrrole nitrogens is 1. The normalized spacial score (nSPS) is 16.2. The van der Waals surface area contributed by atoms with Gasteiger partial charge in [0.1, 0.15) is 0 Å². The number of hydrogen-bond acceptors (Lipinski definition) is 1. The zero-order valence-corrected chi connectivity index (χ0v) is 13.8. The highest BCUT2D eigenvalue weighted by atomic mass is 19.2. The van der Waals surface area contributed by atoms with Crippen molar-refractivity contribution in [2.45, 2.75) is 26.2 Å². The molecule has 1 aromatic heterocycles. The van der Waals surface area contributed by atoms with Gasteiger partial charge in [0.05, 0.1) is 11.2 Å². The number of aromatic amines is 1. The molecule has 25 heavy (non-hydrogen) atoms. The van der Waals surface area contributed by atoms with Gasteiger partial charge in [0.15, 0.2) is 11.6 Å². The molecule has 1 aliphatic rings. The standard InChI is InChI=1S/C20H18F2N2O/c1-2-11-5-12-3-4-13(7-14(12)6-11)20(25)24-19-10-23-18-9-17(22)16(21)8-15(18)19/h3-4,7-11,23H,2,5-6H2,1H3,(H,24,25). The monoisotopic (exact) mass is 340 g/mol. The van der Waals surface area contributed by atoms with Crippen LogP contribution in [-0.4, -0.2) is 10.9 Å². The van der Waals surface area contributed by atoms with E-state index < -0.39 is 11.6 Å². The van der Waals surface area contributed by atoms with Crippen molar-refractivity contribution in [2.24, 2.45) is 5.92 Å². The number of nitrogens with one attached hydrogen (secondary N) is 2. The van der Waals surface area contributed by atoms with Crippen molar-refractivity contribution < 1.29 is 13.6 Å². The minimum absolute atomic E-state index is 0.256. The fourth-order valence-corrected chi connectivity index (χ4v) is 3.55. The average molecular weight is 340 g/mol. The summed E-state index contributed by atoms with van der Waals surface area (Å²) in [5.74, 6) is -1.46. The third kappa shape index (κ3) is 2.80. The van der Waals surface area contributed by atoms with E-state index in [1.54, 1.807) is 6.20 Å². The van der Waals surface area contributed by atoms with Gasteiger partial charge in [0.25, 0.3) is 5.91 Å². The molecule has 0 bridgehead atoms. The first-order valence-corrected chi connectivity index (χ1v) is 8.44. The van der Waals surface area contributed by atoms with Gasteiger partial charge in [0.2, 0.25) is 0 Å². The predicted octanol–water partition coefficient (Wildman–Crippen LogP) is 4.82. The molecular formula is C20H18F2N2O. The van der Waals surface area contributed by atoms with E-state index in [2.05, 4.69) is 17.2 Å². The van der Waals surface area contributed by atoms with Crippen molar-refractivity contribution in [2.75, 3.05) is 5.32 Å². The van der Waals surface area contributed by atoms with Gasteiger partial charge >= 0.3 is 0 Å². The number of amides is 1. The van der Waals surface area contributed by atoms with Gasteiger partial charge < -0.3 is 10.3 Å². The zero-order valence-electron chi connectivity index (χ0n) is 13.8. The summed E-state index contributed by atoms with van der Waals surface area (Å²) in [5.41, 5.74) is 3.99. The summed E-state index contributed by atoms with van der Waals surface area (Å²) in [6, 6.07) is 7.95. The number of fused-ring (bicyclic) bond motifs is 2. The Balaban J connectivity index is 1.60. The van der Waals surface area contributed by atoms with Crippen LogP contribution in [0.4, 0.5) is 14.5 Å². The molecule has 1 heterocycles. The quantitative estimate of drug-likeness (QED) is 0.705. The summed E-state index contributed by atoms with van der Waals surface area (Å²) < 4.78 is 26.8. The summed E-state index contributed by atoms with van der Waals surface area (Å²) in [6.07, 6.45) is 4.75. The van der Waals surface area contributed by atoms with Gasteiger partial charge in [-0.2, -0.15) is 0 Å². The minimum Gasteiger partial charge on any atom is -0.359 e. The molecule has 4 rings (SSSR count). The second-order valence-electron chi connectivity index (χ2n) is 6.63. The predicted molar refractivity (Wildman–Crippen MR) is 93.8 cm³/mol. The number of carbonyl (C=O) groups is 1. The van der Waals surface area contributed by atoms with Gasteiger partial charge in [-0.3, -0.25) is 4.79 Å². The fraction of sp³-hybridized carbons (Fsp3) is 0.250. The lowest BCUT2D eigenvalue weighted by Crippen LogP contribution is -2.12. The number of rotatable bonds is 3. The molecule has 5 heteroatoms. The van der Waals surface area contributed by atoms with Crippen molar-refractivity contribution in [3.63, 3.8) is 0 Å². The van der Waals surface area contributed by atoms with Gasteiger partial charge in [-0.05, 0) is 48.1 Å². The van der Waals surface area contributed by atoms with Crippen LogP contribution in [0.15, 0.2) is 36.5 Å². The maximum absolute atomic E-state index is 13.5. The largest absolute Gasteiger partial charge is 0.359 e. The lowest BCUT2D eigenvalue weighted by atomic mass is 10.0. The van der Waals surface area contributed by atoms with E-state index in [-0.39, 0.29) is 5.91 Å². The average Bonchev–Trinajstić information content (AvgIpc) is 3.18. The molecule has 0 spiro atoms. The molecule has 2 N–H and O–H groups in total. The van der Waals surface area contributed by atoms with Crippen LogP contribution in [0.1, 0.15) is 34.8 Å². The molecular weight excluding hydrogens is 322 g/mol. The van der Waals surface area contributed by atoms with Crippen molar-refractivity contribution in [3.8, 4) is 0 Å². The topological polar surface area (TPSA) is 44.9 Å². The summed E-state index contributed by atoms with van der Waals surface area (Å²) in [6.45, 7) is 2.18. The lowest BCUT2D eigenvalue weighted by molar-refractivity contribution is 0.102. The van der Waals surface area contributed by atoms with E-state index >= 15 is 0 Å². The highest BCUT2D eigenvalue weighted by Crippen LogP contribution is 2.30. The van der Waals surface area contributed by atoms with Crippen molar-refractivity contribution in [3.05, 3.63) is 64.9 Å². The molecule has 1 aliphatic carbocycles. The minimum atomic E-state index is -0.939. The number of anilines is 1. The van der Waals surface area contributed by atoms with Gasteiger partial charge in [0, 0.05) is 23.2 Å². The van der Waals surface area contributed by atoms with Crippen LogP contribution in [0.2, 0.25) is 0 Å². The maximum atomic E-state index is 13.5. The maximum Gasteiger partial charge on any atom is 0.255 e. The lowest BCUT2D eigenvalue weighted by Gasteiger charge is -2.06. The Morgan fingerprint density at radius 1 is 1.16 bits per heavy atom. The highest BCUT2D eigenvalue weighted by Gasteiger charge is 2.21. The van der Waals surface area contributed by atoms with E-state index in [1.807, 2.05) is 18.2 Å². The van der Waals surface area contributed by atoms with Crippen LogP contribution in [0, 0.1) is 17.6 Å². The van der Waals surface area contributed by atoms with E-state index in [0.29, 0.717) is 28.1 Å². The summed E-state index contributed by atoms with van der Waals surface area (Å²) >= 11 is 0. The van der Waals surface area contributed by atoms with Crippen LogP contribution in [0.5, 0.6) is 0 Å². The SMILES string of the molecule is CCC1Cc2ccc(C(=O)Nc3c[nH]c4cc(F)c(F)cc34)cc2C1. The van der Waals surface area contributed by atoms with Gasteiger partial charge in [-0.15, -0.1) is 0 Å². The Hall–Kier alpha value is -2.69. The Bertz CT molecular complexity index is 977. The molecule has 0 saturated heterocycles. The first-order valence-electron chi connectivity index (χ1n) is 8.44. The van der Waals surface area contributed by atoms with Crippen LogP contribution < -0.4 is 5.32 Å². The number of aromatic nitrogens is 1. The first-order chi connectivity index (χ1) is 12.0. The molecule has 0 saturated carbocycles. The fourth-order valence-electron chi connectivity index (χ4n) is 3.55. The molecule has 2 aromatic carbocycles. The summed E-state index contributed by atoms with van der Waals surface area (Å²) in [5, 5.41) is 3.23. The molecule has 1 unspecified atom stereocenters. The number of carbonyl (C=O) groups excluding carboxylic acids is 1. The Labute approximate surface area is 144 Å². The third-order valence-electron chi connectivity index (χ3n) is 5.03. The van der Waals surface area contributed by atoms with E-state index in [9.17, 15) is 13.6 Å². The summed E-state index contributed by atoms with van der Waals surface area (Å²) in [7, 11) is 0. The molecule has 0 fully saturated rings. The van der Waals surface area contributed by atoms with Crippen LogP contribution in [0.3, 0.4) is 0 Å². The molecule has 1 atom stereocenters. The van der Waals surface area contributed by atoms with Crippen molar-refractivity contribution in [1.82, 2.24) is 4.98 Å². The van der Waals surface area contributed by atoms with Crippen molar-refractivity contribution in [1.29, 1.82) is 0 Å². The molecule has 0 radical (unpaired) electrons. The van der Waals surface area contributed by atoms with E-state index in [1.165, 1.54) is 11.1 Å². The Morgan fingerprint density at radius 2 is 1.92 bits per heavy atom. The van der Waals surface area contributed by atoms with Crippen LogP contribution >= 0.6 is 0 Å². The second-order valence-corrected chi connectivity index (χ2v) is 6.63. The Morgan fingerprint density at radius 3 is 2.72 bits per heavy atom. The van der Waals surface area contributed by atoms with Crippen LogP contribution in [-0.2, 0) is 12.8 Å². The van der Waals surface area contributed by atoms with Gasteiger partial charge in [-0.1, -0.05) is 19.4 Å². The van der Waals surface area contributed by atoms with Gasteiger partial charge in [-0.25, -0.2) is 8.78 Å². The van der Waals surface area contributed by atoms with Crippen molar-refractivity contribution >= 4 is 22.5 Å². The van der Waals surface area contributed by atoms with E-state index in [4.69, 9.17) is 0 Å². The second kappa shape index (κ2) is 5.99. The summed E-state index contributed by atoms with van der Waals surface area (Å²) in [4.78, 5) is 15.4. The number of hydrogen-bond donors (Lipinski definition) is 2. The highest BCUT2D eigenvalue weighted by molar-refractivity contribution is 6.09. The number of halogens is 2. The van der Waals surface area contributed by atoms with Crippen LogP contribution in [0.25, 0.3) is 10.9 Å². The molecule has 3 nitrogen and oxygen atoms in total. The molecule has 3 aromatic rings. The molecule has 1 amide bonds. The first kappa shape index (κ1) is 15.8. The third-order valence-corrected chi connectivity index (χ3v) is 5.03. The van der Waals surface area contributed by atoms with E-state index in [0.717, 1.165) is 31.4 Å². The Kier molecular flexibility index (Phi) is 3.79. The smallest absolute Gasteiger partial charge is 0.255 e. The zero-order chi connectivity index (χ0) is 17.6. The molecule has 128 valence electrons.